The highest BCUT2D eigenvalue weighted by atomic mass is 35.5. The zero-order chi connectivity index (χ0) is 17.3. The first-order chi connectivity index (χ1) is 11.4. The Labute approximate surface area is 148 Å². The van der Waals surface area contributed by atoms with Gasteiger partial charge in [-0.15, -0.1) is 0 Å². The van der Waals surface area contributed by atoms with E-state index in [1.54, 1.807) is 18.2 Å². The zero-order valence-corrected chi connectivity index (χ0v) is 15.5. The van der Waals surface area contributed by atoms with Gasteiger partial charge in [-0.3, -0.25) is 5.10 Å². The minimum atomic E-state index is -3.46. The highest BCUT2D eigenvalue weighted by Gasteiger charge is 2.32. The number of nitrogens with zero attached hydrogens (tertiary/aromatic N) is 2. The Kier molecular flexibility index (Phi) is 4.99. The van der Waals surface area contributed by atoms with Crippen LogP contribution in [-0.2, 0) is 16.4 Å². The summed E-state index contributed by atoms with van der Waals surface area (Å²) in [6.07, 6.45) is 2.71. The number of rotatable bonds is 4. The molecule has 1 fully saturated rings. The van der Waals surface area contributed by atoms with Gasteiger partial charge in [-0.2, -0.15) is 9.40 Å². The second-order valence-electron chi connectivity index (χ2n) is 6.44. The summed E-state index contributed by atoms with van der Waals surface area (Å²) >= 11 is 5.92. The van der Waals surface area contributed by atoms with Crippen LogP contribution in [0.3, 0.4) is 0 Å². The lowest BCUT2D eigenvalue weighted by atomic mass is 9.91. The van der Waals surface area contributed by atoms with Gasteiger partial charge >= 0.3 is 0 Å². The zero-order valence-electron chi connectivity index (χ0n) is 13.9. The van der Waals surface area contributed by atoms with Crippen LogP contribution in [0.25, 0.3) is 0 Å². The molecule has 5 nitrogen and oxygen atoms in total. The molecule has 24 heavy (non-hydrogen) atoms. The fraction of sp³-hybridized carbons (Fsp3) is 0.471. The van der Waals surface area contributed by atoms with Crippen LogP contribution in [0.4, 0.5) is 0 Å². The summed E-state index contributed by atoms with van der Waals surface area (Å²) in [5.74, 6) is 0.504. The quantitative estimate of drug-likeness (QED) is 0.901. The first-order valence-corrected chi connectivity index (χ1v) is 9.96. The molecule has 0 unspecified atom stereocenters. The normalized spacial score (nSPS) is 17.3. The van der Waals surface area contributed by atoms with E-state index in [1.165, 1.54) is 5.56 Å². The van der Waals surface area contributed by atoms with E-state index in [1.807, 2.05) is 24.3 Å². The van der Waals surface area contributed by atoms with Gasteiger partial charge in [-0.1, -0.05) is 23.7 Å². The third-order valence-corrected chi connectivity index (χ3v) is 7.08. The Hall–Kier alpha value is -1.37. The number of piperidine rings is 1. The number of aromatic amines is 1. The largest absolute Gasteiger partial charge is 0.281 e. The first-order valence-electron chi connectivity index (χ1n) is 8.14. The summed E-state index contributed by atoms with van der Waals surface area (Å²) < 4.78 is 27.3. The maximum atomic E-state index is 12.8. The lowest BCUT2D eigenvalue weighted by Crippen LogP contribution is -2.39. The molecule has 0 bridgehead atoms. The van der Waals surface area contributed by atoms with Gasteiger partial charge in [0.15, 0.2) is 0 Å². The van der Waals surface area contributed by atoms with E-state index in [2.05, 4.69) is 10.2 Å². The average Bonchev–Trinajstić information content (AvgIpc) is 2.89. The topological polar surface area (TPSA) is 66.1 Å². The van der Waals surface area contributed by atoms with Crippen molar-refractivity contribution < 1.29 is 8.42 Å². The van der Waals surface area contributed by atoms with E-state index in [-0.39, 0.29) is 0 Å². The van der Waals surface area contributed by atoms with Gasteiger partial charge in [0.25, 0.3) is 0 Å². The molecule has 0 amide bonds. The number of sulfonamides is 1. The number of nitrogens with one attached hydrogen (secondary N) is 1. The van der Waals surface area contributed by atoms with Crippen molar-refractivity contribution in [2.45, 2.75) is 38.0 Å². The molecule has 130 valence electrons. The van der Waals surface area contributed by atoms with E-state index in [0.29, 0.717) is 35.3 Å². The predicted octanol–water partition coefficient (Wildman–Crippen LogP) is 3.32. The third kappa shape index (κ3) is 3.50. The number of H-pyrrole nitrogens is 1. The number of hydrogen-bond donors (Lipinski definition) is 1. The molecule has 2 aromatic rings. The highest BCUT2D eigenvalue weighted by molar-refractivity contribution is 7.89. The molecule has 1 saturated heterocycles. The fourth-order valence-electron chi connectivity index (χ4n) is 3.36. The first kappa shape index (κ1) is 17.5. The molecule has 0 spiro atoms. The van der Waals surface area contributed by atoms with Crippen LogP contribution < -0.4 is 0 Å². The van der Waals surface area contributed by atoms with Crippen LogP contribution in [0, 0.1) is 19.8 Å². The van der Waals surface area contributed by atoms with Gasteiger partial charge in [0.05, 0.1) is 11.4 Å². The molecule has 1 aliphatic rings. The van der Waals surface area contributed by atoms with E-state index in [0.717, 1.165) is 24.3 Å². The highest BCUT2D eigenvalue weighted by Crippen LogP contribution is 2.28. The molecule has 7 heteroatoms. The van der Waals surface area contributed by atoms with Gasteiger partial charge in [-0.25, -0.2) is 8.42 Å². The van der Waals surface area contributed by atoms with Crippen LogP contribution in [0.2, 0.25) is 5.02 Å². The lowest BCUT2D eigenvalue weighted by Gasteiger charge is -2.31. The van der Waals surface area contributed by atoms with Crippen LogP contribution in [0.5, 0.6) is 0 Å². The van der Waals surface area contributed by atoms with Crippen LogP contribution in [-0.4, -0.2) is 36.0 Å². The van der Waals surface area contributed by atoms with Crippen molar-refractivity contribution in [3.63, 3.8) is 0 Å². The molecule has 1 aromatic heterocycles. The van der Waals surface area contributed by atoms with E-state index >= 15 is 0 Å². The van der Waals surface area contributed by atoms with Crippen molar-refractivity contribution in [2.24, 2.45) is 5.92 Å². The number of benzene rings is 1. The third-order valence-electron chi connectivity index (χ3n) is 4.67. The molecule has 0 aliphatic carbocycles. The Morgan fingerprint density at radius 3 is 2.38 bits per heavy atom. The summed E-state index contributed by atoms with van der Waals surface area (Å²) in [4.78, 5) is 0.332. The minimum absolute atomic E-state index is 0.332. The molecule has 1 aliphatic heterocycles. The van der Waals surface area contributed by atoms with Gasteiger partial charge in [0.1, 0.15) is 4.90 Å². The monoisotopic (exact) mass is 367 g/mol. The molecule has 0 saturated carbocycles. The van der Waals surface area contributed by atoms with Crippen molar-refractivity contribution in [1.82, 2.24) is 14.5 Å². The maximum Gasteiger partial charge on any atom is 0.246 e. The fourth-order valence-corrected chi connectivity index (χ4v) is 5.28. The molecule has 3 rings (SSSR count). The summed E-state index contributed by atoms with van der Waals surface area (Å²) in [5, 5.41) is 7.52. The van der Waals surface area contributed by atoms with Crippen molar-refractivity contribution in [3.05, 3.63) is 46.2 Å². The van der Waals surface area contributed by atoms with Gasteiger partial charge in [-0.05, 0) is 56.7 Å². The maximum absolute atomic E-state index is 12.8. The number of hydrogen-bond acceptors (Lipinski definition) is 3. The summed E-state index contributed by atoms with van der Waals surface area (Å²) in [5.41, 5.74) is 2.40. The molecular formula is C17H22ClN3O2S. The Bertz CT molecular complexity index is 787. The molecule has 0 radical (unpaired) electrons. The van der Waals surface area contributed by atoms with Gasteiger partial charge in [0, 0.05) is 18.1 Å². The van der Waals surface area contributed by atoms with E-state index in [9.17, 15) is 8.42 Å². The Balaban J connectivity index is 1.65. The lowest BCUT2D eigenvalue weighted by molar-refractivity contribution is 0.272. The molecule has 1 aromatic carbocycles. The Morgan fingerprint density at radius 1 is 1.21 bits per heavy atom. The summed E-state index contributed by atoms with van der Waals surface area (Å²) in [6.45, 7) is 4.60. The summed E-state index contributed by atoms with van der Waals surface area (Å²) in [6, 6.07) is 7.90. The van der Waals surface area contributed by atoms with Crippen molar-refractivity contribution in [2.75, 3.05) is 13.1 Å². The average molecular weight is 368 g/mol. The Morgan fingerprint density at radius 2 is 1.83 bits per heavy atom. The summed E-state index contributed by atoms with van der Waals surface area (Å²) in [7, 11) is -3.46. The van der Waals surface area contributed by atoms with Crippen molar-refractivity contribution >= 4 is 21.6 Å². The standard InChI is InChI=1S/C17H22ClN3O2S/c1-12-17(13(2)20-19-12)24(22,23)21-9-7-15(8-10-21)11-14-3-5-16(18)6-4-14/h3-6,15H,7-11H2,1-2H3,(H,19,20). The number of aryl methyl sites for hydroxylation is 2. The van der Waals surface area contributed by atoms with Crippen LogP contribution >= 0.6 is 11.6 Å². The predicted molar refractivity (Wildman–Crippen MR) is 94.7 cm³/mol. The SMILES string of the molecule is Cc1n[nH]c(C)c1S(=O)(=O)N1CCC(Cc2ccc(Cl)cc2)CC1. The van der Waals surface area contributed by atoms with Crippen molar-refractivity contribution in [1.29, 1.82) is 0 Å². The van der Waals surface area contributed by atoms with E-state index < -0.39 is 10.0 Å². The van der Waals surface area contributed by atoms with Crippen LogP contribution in [0.15, 0.2) is 29.2 Å². The van der Waals surface area contributed by atoms with Gasteiger partial charge in [0.2, 0.25) is 10.0 Å². The molecular weight excluding hydrogens is 346 g/mol. The molecule has 2 heterocycles. The number of aromatic nitrogens is 2. The second-order valence-corrected chi connectivity index (χ2v) is 8.75. The van der Waals surface area contributed by atoms with Gasteiger partial charge < -0.3 is 0 Å². The smallest absolute Gasteiger partial charge is 0.246 e. The van der Waals surface area contributed by atoms with E-state index in [4.69, 9.17) is 11.6 Å². The second kappa shape index (κ2) is 6.86. The minimum Gasteiger partial charge on any atom is -0.281 e. The molecule has 1 N–H and O–H groups in total. The van der Waals surface area contributed by atoms with Crippen molar-refractivity contribution in [3.8, 4) is 0 Å². The number of halogens is 1. The van der Waals surface area contributed by atoms with Crippen LogP contribution in [0.1, 0.15) is 29.8 Å². The molecule has 0 atom stereocenters.